The maximum absolute atomic E-state index is 13.0. The Labute approximate surface area is 193 Å². The van der Waals surface area contributed by atoms with Crippen LogP contribution in [0.1, 0.15) is 66.2 Å². The zero-order valence-corrected chi connectivity index (χ0v) is 19.7. The predicted molar refractivity (Wildman–Crippen MR) is 127 cm³/mol. The molecule has 0 unspecified atom stereocenters. The highest BCUT2D eigenvalue weighted by Gasteiger charge is 2.56. The van der Waals surface area contributed by atoms with Crippen molar-refractivity contribution in [2.45, 2.75) is 66.2 Å². The van der Waals surface area contributed by atoms with E-state index in [2.05, 4.69) is 37.9 Å². The maximum atomic E-state index is 13.0. The predicted octanol–water partition coefficient (Wildman–Crippen LogP) is 6.05. The fourth-order valence-corrected chi connectivity index (χ4v) is 6.18. The number of hydrogen-bond acceptors (Lipinski definition) is 7. The van der Waals surface area contributed by atoms with Crippen molar-refractivity contribution in [3.63, 3.8) is 0 Å². The minimum Gasteiger partial charge on any atom is -0.299 e. The van der Waals surface area contributed by atoms with Crippen molar-refractivity contribution in [1.29, 1.82) is 0 Å². The monoisotopic (exact) mass is 456 g/mol. The van der Waals surface area contributed by atoms with Gasteiger partial charge in [0, 0.05) is 24.1 Å². The first-order chi connectivity index (χ1) is 15.4. The molecule has 2 fully saturated rings. The lowest BCUT2D eigenvalue weighted by atomic mass is 9.46. The van der Waals surface area contributed by atoms with Gasteiger partial charge in [0.2, 0.25) is 0 Å². The van der Waals surface area contributed by atoms with Crippen LogP contribution in [0.3, 0.4) is 0 Å². The first kappa shape index (κ1) is 24.5. The van der Waals surface area contributed by atoms with Crippen LogP contribution in [0.25, 0.3) is 0 Å². The second kappa shape index (κ2) is 9.03. The molecule has 3 rings (SSSR count). The van der Waals surface area contributed by atoms with Gasteiger partial charge in [0.1, 0.15) is 11.5 Å². The Balaban J connectivity index is 1.74. The topological polar surface area (TPSA) is 128 Å². The SMILES string of the molecule is C=C1CC(=O)[C@H]2C(C)(C)CCC[C@]2(C)[C@H]1CC/C(C)=N/Nc1ccc([N+](=O)[O-])cc1[N+](=O)[O-]. The normalized spacial score (nSPS) is 27.1. The van der Waals surface area contributed by atoms with Gasteiger partial charge in [-0.05, 0) is 55.4 Å². The number of Topliss-reactive ketones (excluding diaryl/α,β-unsaturated/α-hetero) is 1. The van der Waals surface area contributed by atoms with Crippen molar-refractivity contribution in [2.24, 2.45) is 27.8 Å². The van der Waals surface area contributed by atoms with Crippen molar-refractivity contribution >= 4 is 28.6 Å². The lowest BCUT2D eigenvalue weighted by Gasteiger charge is -2.56. The average Bonchev–Trinajstić information content (AvgIpc) is 2.70. The number of allylic oxidation sites excluding steroid dienone is 1. The standard InChI is InChI=1S/C24H32N4O5/c1-15-13-21(29)22-23(3,4)11-6-12-24(22,5)18(15)9-7-16(2)25-26-19-10-8-17(27(30)31)14-20(19)28(32)33/h8,10,14,18,22,26H,1,6-7,9,11-13H2,2-5H3/b25-16+/t18-,22-,24+/m0/s1. The fourth-order valence-electron chi connectivity index (χ4n) is 6.18. The van der Waals surface area contributed by atoms with Crippen LogP contribution in [0.15, 0.2) is 35.5 Å². The molecular formula is C24H32N4O5. The van der Waals surface area contributed by atoms with Gasteiger partial charge in [-0.2, -0.15) is 5.10 Å². The number of nitrogens with zero attached hydrogens (tertiary/aromatic N) is 3. The lowest BCUT2D eigenvalue weighted by Crippen LogP contribution is -2.53. The van der Waals surface area contributed by atoms with Gasteiger partial charge in [-0.1, -0.05) is 39.3 Å². The molecule has 1 aromatic rings. The first-order valence-electron chi connectivity index (χ1n) is 11.3. The van der Waals surface area contributed by atoms with Crippen LogP contribution in [0.2, 0.25) is 0 Å². The minimum atomic E-state index is -0.673. The Hall–Kier alpha value is -3.10. The molecule has 2 saturated carbocycles. The molecule has 178 valence electrons. The smallest absolute Gasteiger partial charge is 0.299 e. The number of rotatable bonds is 7. The van der Waals surface area contributed by atoms with E-state index < -0.39 is 15.5 Å². The second-order valence-electron chi connectivity index (χ2n) is 10.3. The summed E-state index contributed by atoms with van der Waals surface area (Å²) in [5.41, 5.74) is 3.63. The number of carbonyl (C=O) groups excluding carboxylic acids is 1. The summed E-state index contributed by atoms with van der Waals surface area (Å²) in [7, 11) is 0. The Bertz CT molecular complexity index is 1030. The highest BCUT2D eigenvalue weighted by molar-refractivity contribution is 5.87. The first-order valence-corrected chi connectivity index (χ1v) is 11.3. The van der Waals surface area contributed by atoms with E-state index in [1.807, 2.05) is 6.92 Å². The number of nitro groups is 2. The molecule has 1 N–H and O–H groups in total. The number of carbonyl (C=O) groups is 1. The van der Waals surface area contributed by atoms with Gasteiger partial charge >= 0.3 is 5.69 Å². The molecule has 9 heteroatoms. The largest absolute Gasteiger partial charge is 0.301 e. The number of benzene rings is 1. The van der Waals surface area contributed by atoms with Crippen LogP contribution < -0.4 is 5.43 Å². The highest BCUT2D eigenvalue weighted by Crippen LogP contribution is 2.60. The van der Waals surface area contributed by atoms with Crippen LogP contribution in [-0.2, 0) is 4.79 Å². The Morgan fingerprint density at radius 1 is 1.21 bits per heavy atom. The third-order valence-corrected chi connectivity index (χ3v) is 7.54. The van der Waals surface area contributed by atoms with Gasteiger partial charge in [-0.3, -0.25) is 30.4 Å². The van der Waals surface area contributed by atoms with Crippen LogP contribution in [0, 0.1) is 42.9 Å². The quantitative estimate of drug-likeness (QED) is 0.230. The Kier molecular flexibility index (Phi) is 6.72. The Morgan fingerprint density at radius 3 is 2.55 bits per heavy atom. The summed E-state index contributed by atoms with van der Waals surface area (Å²) in [6, 6.07) is 3.41. The van der Waals surface area contributed by atoms with Crippen LogP contribution in [0.4, 0.5) is 17.1 Å². The van der Waals surface area contributed by atoms with Crippen LogP contribution in [-0.4, -0.2) is 21.3 Å². The Morgan fingerprint density at radius 2 is 1.91 bits per heavy atom. The summed E-state index contributed by atoms with van der Waals surface area (Å²) in [6.45, 7) is 12.7. The molecule has 0 spiro atoms. The maximum Gasteiger partial charge on any atom is 0.301 e. The number of ketones is 1. The third kappa shape index (κ3) is 4.82. The number of nitrogens with one attached hydrogen (secondary N) is 1. The molecule has 2 aliphatic rings. The van der Waals surface area contributed by atoms with Crippen molar-refractivity contribution < 1.29 is 14.6 Å². The van der Waals surface area contributed by atoms with E-state index in [1.54, 1.807) is 0 Å². The molecule has 33 heavy (non-hydrogen) atoms. The zero-order chi connectivity index (χ0) is 24.6. The van der Waals surface area contributed by atoms with Gasteiger partial charge in [0.25, 0.3) is 5.69 Å². The number of anilines is 1. The number of hydrazone groups is 1. The van der Waals surface area contributed by atoms with Crippen molar-refractivity contribution in [3.8, 4) is 0 Å². The summed E-state index contributed by atoms with van der Waals surface area (Å²) in [5.74, 6) is 0.534. The average molecular weight is 457 g/mol. The van der Waals surface area contributed by atoms with Gasteiger partial charge in [-0.15, -0.1) is 0 Å². The highest BCUT2D eigenvalue weighted by atomic mass is 16.6. The van der Waals surface area contributed by atoms with Gasteiger partial charge < -0.3 is 0 Å². The van der Waals surface area contributed by atoms with E-state index in [-0.39, 0.29) is 34.0 Å². The molecule has 2 aliphatic carbocycles. The van der Waals surface area contributed by atoms with Gasteiger partial charge in [-0.25, -0.2) is 0 Å². The van der Waals surface area contributed by atoms with Crippen molar-refractivity contribution in [1.82, 2.24) is 0 Å². The van der Waals surface area contributed by atoms with Crippen molar-refractivity contribution in [2.75, 3.05) is 5.43 Å². The van der Waals surface area contributed by atoms with Gasteiger partial charge in [0.05, 0.1) is 15.9 Å². The van der Waals surface area contributed by atoms with E-state index in [0.29, 0.717) is 18.6 Å². The molecule has 0 aliphatic heterocycles. The van der Waals surface area contributed by atoms with E-state index in [1.165, 1.54) is 12.1 Å². The van der Waals surface area contributed by atoms with E-state index in [4.69, 9.17) is 0 Å². The van der Waals surface area contributed by atoms with Gasteiger partial charge in [0.15, 0.2) is 0 Å². The molecular weight excluding hydrogens is 424 g/mol. The lowest BCUT2D eigenvalue weighted by molar-refractivity contribution is -0.393. The summed E-state index contributed by atoms with van der Waals surface area (Å²) in [5, 5.41) is 26.5. The molecule has 3 atom stereocenters. The second-order valence-corrected chi connectivity index (χ2v) is 10.3. The zero-order valence-electron chi connectivity index (χ0n) is 19.7. The molecule has 0 saturated heterocycles. The number of hydrogen-bond donors (Lipinski definition) is 1. The summed E-state index contributed by atoms with van der Waals surface area (Å²) in [4.78, 5) is 33.8. The van der Waals surface area contributed by atoms with Crippen LogP contribution in [0.5, 0.6) is 0 Å². The molecule has 0 amide bonds. The van der Waals surface area contributed by atoms with Crippen LogP contribution >= 0.6 is 0 Å². The summed E-state index contributed by atoms with van der Waals surface area (Å²) in [6.07, 6.45) is 5.02. The van der Waals surface area contributed by atoms with E-state index in [0.717, 1.165) is 43.0 Å². The minimum absolute atomic E-state index is 0.0207. The number of non-ortho nitro benzene ring substituents is 1. The molecule has 0 bridgehead atoms. The number of nitro benzene ring substituents is 2. The van der Waals surface area contributed by atoms with E-state index in [9.17, 15) is 25.0 Å². The molecule has 1 aromatic carbocycles. The molecule has 0 radical (unpaired) electrons. The molecule has 9 nitrogen and oxygen atoms in total. The summed E-state index contributed by atoms with van der Waals surface area (Å²) < 4.78 is 0. The van der Waals surface area contributed by atoms with Crippen molar-refractivity contribution in [3.05, 3.63) is 50.6 Å². The van der Waals surface area contributed by atoms with E-state index >= 15 is 0 Å². The fraction of sp³-hybridized carbons (Fsp3) is 0.583. The summed E-state index contributed by atoms with van der Waals surface area (Å²) >= 11 is 0. The third-order valence-electron chi connectivity index (χ3n) is 7.54. The molecule has 0 aromatic heterocycles. The number of fused-ring (bicyclic) bond motifs is 1. The molecule has 0 heterocycles.